The third-order valence-corrected chi connectivity index (χ3v) is 3.34. The van der Waals surface area contributed by atoms with E-state index in [1.807, 2.05) is 44.5 Å². The predicted octanol–water partition coefficient (Wildman–Crippen LogP) is 2.88. The molecule has 0 radical (unpaired) electrons. The number of rotatable bonds is 3. The first-order valence-corrected chi connectivity index (χ1v) is 6.56. The van der Waals surface area contributed by atoms with Crippen molar-refractivity contribution < 1.29 is 4.74 Å². The Bertz CT molecular complexity index is 563. The van der Waals surface area contributed by atoms with E-state index in [-0.39, 0.29) is 11.2 Å². The van der Waals surface area contributed by atoms with Crippen LogP contribution >= 0.6 is 11.3 Å². The standard InChI is InChI=1S/C13H17NO2S/c1-13(2,3)16-8-7-14-6-4-11-10(12(14)15)5-9-17-11/h4-6,9H,7-8H2,1-3H3. The molecule has 0 aliphatic carbocycles. The van der Waals surface area contributed by atoms with Gasteiger partial charge in [0.1, 0.15) is 0 Å². The van der Waals surface area contributed by atoms with Gasteiger partial charge in [0.15, 0.2) is 0 Å². The largest absolute Gasteiger partial charge is 0.374 e. The Morgan fingerprint density at radius 2 is 2.12 bits per heavy atom. The molecule has 0 bridgehead atoms. The summed E-state index contributed by atoms with van der Waals surface area (Å²) in [6.45, 7) is 7.19. The van der Waals surface area contributed by atoms with Crippen molar-refractivity contribution in [2.24, 2.45) is 0 Å². The second kappa shape index (κ2) is 4.63. The number of ether oxygens (including phenoxy) is 1. The second-order valence-electron chi connectivity index (χ2n) is 4.97. The molecule has 0 saturated heterocycles. The average Bonchev–Trinajstić information content (AvgIpc) is 2.68. The molecule has 0 unspecified atom stereocenters. The molecule has 17 heavy (non-hydrogen) atoms. The number of thiophene rings is 1. The van der Waals surface area contributed by atoms with Crippen LogP contribution in [0, 0.1) is 0 Å². The van der Waals surface area contributed by atoms with Crippen molar-refractivity contribution in [1.82, 2.24) is 4.57 Å². The number of fused-ring (bicyclic) bond motifs is 1. The second-order valence-corrected chi connectivity index (χ2v) is 5.92. The lowest BCUT2D eigenvalue weighted by Crippen LogP contribution is -2.26. The Balaban J connectivity index is 2.14. The van der Waals surface area contributed by atoms with Gasteiger partial charge in [0, 0.05) is 17.4 Å². The fraction of sp³-hybridized carbons (Fsp3) is 0.462. The summed E-state index contributed by atoms with van der Waals surface area (Å²) in [6, 6.07) is 3.86. The van der Waals surface area contributed by atoms with E-state index in [1.54, 1.807) is 15.9 Å². The molecule has 3 nitrogen and oxygen atoms in total. The maximum atomic E-state index is 12.1. The summed E-state index contributed by atoms with van der Waals surface area (Å²) in [5, 5.41) is 2.75. The number of hydrogen-bond donors (Lipinski definition) is 0. The van der Waals surface area contributed by atoms with Gasteiger partial charge in [-0.1, -0.05) is 0 Å². The highest BCUT2D eigenvalue weighted by Crippen LogP contribution is 2.16. The van der Waals surface area contributed by atoms with E-state index < -0.39 is 0 Å². The quantitative estimate of drug-likeness (QED) is 0.840. The molecule has 92 valence electrons. The molecule has 0 aliphatic heterocycles. The molecule has 0 aliphatic rings. The van der Waals surface area contributed by atoms with Crippen LogP contribution in [0.1, 0.15) is 20.8 Å². The Labute approximate surface area is 105 Å². The minimum Gasteiger partial charge on any atom is -0.374 e. The predicted molar refractivity (Wildman–Crippen MR) is 71.8 cm³/mol. The van der Waals surface area contributed by atoms with Crippen LogP contribution in [0.5, 0.6) is 0 Å². The molecule has 0 saturated carbocycles. The van der Waals surface area contributed by atoms with E-state index in [9.17, 15) is 4.79 Å². The average molecular weight is 251 g/mol. The Morgan fingerprint density at radius 3 is 2.82 bits per heavy atom. The maximum absolute atomic E-state index is 12.1. The normalized spacial score (nSPS) is 12.2. The van der Waals surface area contributed by atoms with Gasteiger partial charge >= 0.3 is 0 Å². The van der Waals surface area contributed by atoms with Crippen molar-refractivity contribution >= 4 is 21.4 Å². The van der Waals surface area contributed by atoms with Gasteiger partial charge in [0.2, 0.25) is 0 Å². The monoisotopic (exact) mass is 251 g/mol. The molecule has 2 heterocycles. The number of aromatic nitrogens is 1. The van der Waals surface area contributed by atoms with Crippen molar-refractivity contribution in [3.63, 3.8) is 0 Å². The van der Waals surface area contributed by atoms with E-state index in [0.29, 0.717) is 13.2 Å². The number of hydrogen-bond acceptors (Lipinski definition) is 3. The van der Waals surface area contributed by atoms with Crippen molar-refractivity contribution in [2.45, 2.75) is 32.9 Å². The topological polar surface area (TPSA) is 31.2 Å². The summed E-state index contributed by atoms with van der Waals surface area (Å²) >= 11 is 1.59. The van der Waals surface area contributed by atoms with Gasteiger partial charge in [-0.2, -0.15) is 0 Å². The lowest BCUT2D eigenvalue weighted by molar-refractivity contribution is -0.00708. The van der Waals surface area contributed by atoms with Crippen LogP contribution in [0.4, 0.5) is 0 Å². The van der Waals surface area contributed by atoms with Crippen molar-refractivity contribution in [3.8, 4) is 0 Å². The van der Waals surface area contributed by atoms with Crippen LogP contribution in [-0.4, -0.2) is 16.8 Å². The zero-order valence-corrected chi connectivity index (χ0v) is 11.2. The van der Waals surface area contributed by atoms with Gasteiger partial charge in [-0.05, 0) is 38.3 Å². The van der Waals surface area contributed by atoms with Crippen LogP contribution in [0.3, 0.4) is 0 Å². The number of nitrogens with zero attached hydrogens (tertiary/aromatic N) is 1. The van der Waals surface area contributed by atoms with Crippen molar-refractivity contribution in [1.29, 1.82) is 0 Å². The van der Waals surface area contributed by atoms with Crippen LogP contribution < -0.4 is 5.56 Å². The summed E-state index contributed by atoms with van der Waals surface area (Å²) in [5.74, 6) is 0. The molecular formula is C13H17NO2S. The third-order valence-electron chi connectivity index (χ3n) is 2.46. The Morgan fingerprint density at radius 1 is 1.35 bits per heavy atom. The first kappa shape index (κ1) is 12.3. The number of pyridine rings is 1. The van der Waals surface area contributed by atoms with Crippen LogP contribution in [0.25, 0.3) is 10.1 Å². The molecule has 4 heteroatoms. The van der Waals surface area contributed by atoms with Gasteiger partial charge in [-0.25, -0.2) is 0 Å². The lowest BCUT2D eigenvalue weighted by atomic mass is 10.2. The molecule has 0 fully saturated rings. The molecule has 0 aromatic carbocycles. The Kier molecular flexibility index (Phi) is 3.35. The van der Waals surface area contributed by atoms with Crippen LogP contribution in [-0.2, 0) is 11.3 Å². The zero-order valence-electron chi connectivity index (χ0n) is 10.4. The van der Waals surface area contributed by atoms with Gasteiger partial charge in [-0.15, -0.1) is 11.3 Å². The molecule has 0 amide bonds. The highest BCUT2D eigenvalue weighted by molar-refractivity contribution is 7.17. The third kappa shape index (κ3) is 2.96. The SMILES string of the molecule is CC(C)(C)OCCn1ccc2sccc2c1=O. The molecule has 0 atom stereocenters. The highest BCUT2D eigenvalue weighted by Gasteiger charge is 2.10. The fourth-order valence-corrected chi connectivity index (χ4v) is 2.41. The molecule has 2 aromatic heterocycles. The summed E-state index contributed by atoms with van der Waals surface area (Å²) in [5.41, 5.74) is -0.0860. The molecule has 2 rings (SSSR count). The maximum Gasteiger partial charge on any atom is 0.259 e. The van der Waals surface area contributed by atoms with Gasteiger partial charge < -0.3 is 9.30 Å². The zero-order chi connectivity index (χ0) is 12.5. The lowest BCUT2D eigenvalue weighted by Gasteiger charge is -2.19. The first-order valence-electron chi connectivity index (χ1n) is 5.68. The van der Waals surface area contributed by atoms with E-state index in [2.05, 4.69) is 0 Å². The first-order chi connectivity index (χ1) is 7.97. The van der Waals surface area contributed by atoms with Crippen molar-refractivity contribution in [3.05, 3.63) is 34.1 Å². The van der Waals surface area contributed by atoms with E-state index in [0.717, 1.165) is 10.1 Å². The fourth-order valence-electron chi connectivity index (χ4n) is 1.63. The molecule has 0 N–H and O–H groups in total. The van der Waals surface area contributed by atoms with Gasteiger partial charge in [0.05, 0.1) is 17.6 Å². The Hall–Kier alpha value is -1.13. The van der Waals surface area contributed by atoms with E-state index in [1.165, 1.54) is 0 Å². The highest BCUT2D eigenvalue weighted by atomic mass is 32.1. The summed E-state index contributed by atoms with van der Waals surface area (Å²) < 4.78 is 8.38. The van der Waals surface area contributed by atoms with E-state index in [4.69, 9.17) is 4.74 Å². The summed E-state index contributed by atoms with van der Waals surface area (Å²) in [7, 11) is 0. The molecular weight excluding hydrogens is 234 g/mol. The van der Waals surface area contributed by atoms with Crippen LogP contribution in [0.15, 0.2) is 28.5 Å². The van der Waals surface area contributed by atoms with Gasteiger partial charge in [-0.3, -0.25) is 4.79 Å². The van der Waals surface area contributed by atoms with Gasteiger partial charge in [0.25, 0.3) is 5.56 Å². The van der Waals surface area contributed by atoms with E-state index >= 15 is 0 Å². The summed E-state index contributed by atoms with van der Waals surface area (Å²) in [6.07, 6.45) is 1.84. The molecule has 2 aromatic rings. The minimum atomic E-state index is -0.157. The van der Waals surface area contributed by atoms with Crippen molar-refractivity contribution in [2.75, 3.05) is 6.61 Å². The van der Waals surface area contributed by atoms with Crippen LogP contribution in [0.2, 0.25) is 0 Å². The molecule has 0 spiro atoms. The summed E-state index contributed by atoms with van der Waals surface area (Å²) in [4.78, 5) is 12.1. The smallest absolute Gasteiger partial charge is 0.259 e. The minimum absolute atomic E-state index is 0.0706.